The maximum Gasteiger partial charge on any atom is 0.417 e. The second kappa shape index (κ2) is 10.2. The van der Waals surface area contributed by atoms with E-state index in [1.54, 1.807) is 25.1 Å². The molecule has 3 rings (SSSR count). The highest BCUT2D eigenvalue weighted by Crippen LogP contribution is 2.36. The lowest BCUT2D eigenvalue weighted by atomic mass is 10.2. The summed E-state index contributed by atoms with van der Waals surface area (Å²) in [6.07, 6.45) is -3.24. The summed E-state index contributed by atoms with van der Waals surface area (Å²) >= 11 is 5.57. The summed E-state index contributed by atoms with van der Waals surface area (Å²) < 4.78 is 49.4. The summed E-state index contributed by atoms with van der Waals surface area (Å²) in [5, 5.41) is 4.36. The van der Waals surface area contributed by atoms with Gasteiger partial charge in [0.15, 0.2) is 5.69 Å². The van der Waals surface area contributed by atoms with E-state index < -0.39 is 28.8 Å². The smallest absolute Gasteiger partial charge is 0.417 e. The Morgan fingerprint density at radius 2 is 1.64 bits per heavy atom. The van der Waals surface area contributed by atoms with Crippen LogP contribution in [0.15, 0.2) is 60.8 Å². The minimum atomic E-state index is -4.65. The first kappa shape index (κ1) is 23.9. The fraction of sp³-hybridized carbons (Fsp3) is 0.136. The maximum atomic E-state index is 13.0. The van der Waals surface area contributed by atoms with Crippen LogP contribution in [0.4, 0.5) is 29.3 Å². The maximum absolute atomic E-state index is 13.0. The highest BCUT2D eigenvalue weighted by molar-refractivity contribution is 6.31. The highest BCUT2D eigenvalue weighted by atomic mass is 35.5. The van der Waals surface area contributed by atoms with Crippen molar-refractivity contribution in [3.8, 4) is 11.5 Å². The Hall–Kier alpha value is -3.79. The number of rotatable bonds is 6. The van der Waals surface area contributed by atoms with Crippen LogP contribution in [0.2, 0.25) is 5.02 Å². The van der Waals surface area contributed by atoms with E-state index >= 15 is 0 Å². The van der Waals surface area contributed by atoms with E-state index in [4.69, 9.17) is 21.1 Å². The number of carbonyl (C=O) groups is 2. The lowest BCUT2D eigenvalue weighted by Gasteiger charge is -2.12. The molecule has 0 saturated heterocycles. The number of ether oxygens (including phenoxy) is 2. The molecule has 33 heavy (non-hydrogen) atoms. The van der Waals surface area contributed by atoms with Gasteiger partial charge in [0.25, 0.3) is 0 Å². The summed E-state index contributed by atoms with van der Waals surface area (Å²) in [5.41, 5.74) is -0.656. The number of benzene rings is 2. The standard InChI is InChI=1S/C22H17ClF3N3O4/c1-2-32-20(30)19-12-16(9-10-27-19)33-15-6-3-13(4-7-15)28-21(31)29-14-5-8-18(23)17(11-14)22(24,25)26/h3-12H,2H2,1H3,(H2,28,29,31). The van der Waals surface area contributed by atoms with Crippen LogP contribution in [0, 0.1) is 0 Å². The number of amides is 2. The van der Waals surface area contributed by atoms with Crippen molar-refractivity contribution in [2.75, 3.05) is 17.2 Å². The molecule has 172 valence electrons. The van der Waals surface area contributed by atoms with E-state index in [0.29, 0.717) is 17.2 Å². The largest absolute Gasteiger partial charge is 0.461 e. The minimum Gasteiger partial charge on any atom is -0.461 e. The number of halogens is 4. The number of alkyl halides is 3. The number of nitrogens with one attached hydrogen (secondary N) is 2. The summed E-state index contributed by atoms with van der Waals surface area (Å²) in [6, 6.07) is 11.5. The molecular formula is C22H17ClF3N3O4. The van der Waals surface area contributed by atoms with Gasteiger partial charge in [0, 0.05) is 23.6 Å². The van der Waals surface area contributed by atoms with Gasteiger partial charge < -0.3 is 20.1 Å². The molecule has 2 N–H and O–H groups in total. The van der Waals surface area contributed by atoms with Crippen LogP contribution in [0.1, 0.15) is 23.0 Å². The molecule has 0 aliphatic heterocycles. The molecule has 0 unspecified atom stereocenters. The number of esters is 1. The zero-order valence-corrected chi connectivity index (χ0v) is 17.8. The van der Waals surface area contributed by atoms with Crippen molar-refractivity contribution in [3.63, 3.8) is 0 Å². The first-order valence-electron chi connectivity index (χ1n) is 9.51. The summed E-state index contributed by atoms with van der Waals surface area (Å²) in [4.78, 5) is 27.8. The molecule has 0 radical (unpaired) electrons. The molecule has 0 atom stereocenters. The predicted molar refractivity (Wildman–Crippen MR) is 116 cm³/mol. The van der Waals surface area contributed by atoms with E-state index in [-0.39, 0.29) is 18.0 Å². The van der Waals surface area contributed by atoms with Gasteiger partial charge in [-0.25, -0.2) is 14.6 Å². The Labute approximate surface area is 191 Å². The average Bonchev–Trinajstić information content (AvgIpc) is 2.76. The van der Waals surface area contributed by atoms with Crippen molar-refractivity contribution in [2.45, 2.75) is 13.1 Å². The molecule has 0 spiro atoms. The van der Waals surface area contributed by atoms with Gasteiger partial charge in [0.2, 0.25) is 0 Å². The SMILES string of the molecule is CCOC(=O)c1cc(Oc2ccc(NC(=O)Nc3ccc(Cl)c(C(F)(F)F)c3)cc2)ccn1. The van der Waals surface area contributed by atoms with Crippen LogP contribution in [0.3, 0.4) is 0 Å². The van der Waals surface area contributed by atoms with Crippen molar-refractivity contribution in [1.29, 1.82) is 0 Å². The summed E-state index contributed by atoms with van der Waals surface area (Å²) in [5.74, 6) is 0.195. The van der Waals surface area contributed by atoms with Crippen molar-refractivity contribution in [2.24, 2.45) is 0 Å². The molecule has 2 amide bonds. The topological polar surface area (TPSA) is 89.5 Å². The Morgan fingerprint density at radius 1 is 0.970 bits per heavy atom. The number of hydrogen-bond donors (Lipinski definition) is 2. The van der Waals surface area contributed by atoms with Gasteiger partial charge in [-0.3, -0.25) is 0 Å². The third-order valence-corrected chi connectivity index (χ3v) is 4.42. The third kappa shape index (κ3) is 6.59. The zero-order chi connectivity index (χ0) is 24.0. The molecular weight excluding hydrogens is 463 g/mol. The number of hydrogen-bond acceptors (Lipinski definition) is 5. The number of anilines is 2. The molecule has 0 saturated carbocycles. The monoisotopic (exact) mass is 479 g/mol. The first-order valence-corrected chi connectivity index (χ1v) is 9.89. The molecule has 7 nitrogen and oxygen atoms in total. The number of carbonyl (C=O) groups excluding carboxylic acids is 2. The fourth-order valence-electron chi connectivity index (χ4n) is 2.65. The quantitative estimate of drug-likeness (QED) is 0.401. The van der Waals surface area contributed by atoms with Crippen molar-refractivity contribution in [1.82, 2.24) is 4.98 Å². The number of urea groups is 1. The normalized spacial score (nSPS) is 10.9. The first-order chi connectivity index (χ1) is 15.7. The molecule has 3 aromatic rings. The second-order valence-corrected chi connectivity index (χ2v) is 6.90. The fourth-order valence-corrected chi connectivity index (χ4v) is 2.87. The molecule has 0 aliphatic rings. The van der Waals surface area contributed by atoms with Gasteiger partial charge in [-0.05, 0) is 55.5 Å². The predicted octanol–water partition coefficient (Wildman–Crippen LogP) is 6.37. The van der Waals surface area contributed by atoms with Gasteiger partial charge in [-0.1, -0.05) is 11.6 Å². The number of nitrogens with zero attached hydrogens (tertiary/aromatic N) is 1. The lowest BCUT2D eigenvalue weighted by Crippen LogP contribution is -2.19. The van der Waals surface area contributed by atoms with E-state index in [0.717, 1.165) is 12.1 Å². The molecule has 0 aliphatic carbocycles. The van der Waals surface area contributed by atoms with Crippen LogP contribution in [0.25, 0.3) is 0 Å². The van der Waals surface area contributed by atoms with Crippen LogP contribution >= 0.6 is 11.6 Å². The average molecular weight is 480 g/mol. The van der Waals surface area contributed by atoms with E-state index in [9.17, 15) is 22.8 Å². The van der Waals surface area contributed by atoms with E-state index in [1.165, 1.54) is 30.5 Å². The highest BCUT2D eigenvalue weighted by Gasteiger charge is 2.33. The van der Waals surface area contributed by atoms with Crippen LogP contribution < -0.4 is 15.4 Å². The van der Waals surface area contributed by atoms with Crippen molar-refractivity contribution in [3.05, 3.63) is 77.1 Å². The number of pyridine rings is 1. The van der Waals surface area contributed by atoms with E-state index in [1.807, 2.05) is 0 Å². The Balaban J connectivity index is 1.61. The lowest BCUT2D eigenvalue weighted by molar-refractivity contribution is -0.137. The second-order valence-electron chi connectivity index (χ2n) is 6.50. The van der Waals surface area contributed by atoms with Crippen molar-refractivity contribution >= 4 is 35.0 Å². The van der Waals surface area contributed by atoms with Gasteiger partial charge in [-0.2, -0.15) is 13.2 Å². The molecule has 11 heteroatoms. The van der Waals surface area contributed by atoms with Crippen LogP contribution in [0.5, 0.6) is 11.5 Å². The molecule has 1 aromatic heterocycles. The Kier molecular flexibility index (Phi) is 7.39. The number of aromatic nitrogens is 1. The van der Waals surface area contributed by atoms with Crippen LogP contribution in [-0.4, -0.2) is 23.6 Å². The minimum absolute atomic E-state index is 0.0701. The summed E-state index contributed by atoms with van der Waals surface area (Å²) in [7, 11) is 0. The Morgan fingerprint density at radius 3 is 2.30 bits per heavy atom. The van der Waals surface area contributed by atoms with Gasteiger partial charge in [0.1, 0.15) is 11.5 Å². The van der Waals surface area contributed by atoms with Crippen molar-refractivity contribution < 1.29 is 32.2 Å². The van der Waals surface area contributed by atoms with E-state index in [2.05, 4.69) is 15.6 Å². The molecule has 2 aromatic carbocycles. The van der Waals surface area contributed by atoms with Gasteiger partial charge >= 0.3 is 18.2 Å². The van der Waals surface area contributed by atoms with Gasteiger partial charge in [0.05, 0.1) is 17.2 Å². The third-order valence-electron chi connectivity index (χ3n) is 4.09. The zero-order valence-electron chi connectivity index (χ0n) is 17.1. The Bertz CT molecular complexity index is 1150. The van der Waals surface area contributed by atoms with Gasteiger partial charge in [-0.15, -0.1) is 0 Å². The molecule has 0 fully saturated rings. The van der Waals surface area contributed by atoms with Crippen LogP contribution in [-0.2, 0) is 10.9 Å². The molecule has 1 heterocycles. The molecule has 0 bridgehead atoms. The summed E-state index contributed by atoms with van der Waals surface area (Å²) in [6.45, 7) is 1.90.